The summed E-state index contributed by atoms with van der Waals surface area (Å²) in [4.78, 5) is 13.3. The molecule has 2 aromatic carbocycles. The van der Waals surface area contributed by atoms with Crippen LogP contribution in [0.15, 0.2) is 42.5 Å². The van der Waals surface area contributed by atoms with Gasteiger partial charge in [0, 0.05) is 29.2 Å². The number of amides is 1. The van der Waals surface area contributed by atoms with Crippen LogP contribution in [-0.2, 0) is 20.2 Å². The average Bonchev–Trinajstić information content (AvgIpc) is 3.24. The summed E-state index contributed by atoms with van der Waals surface area (Å²) < 4.78 is 57.8. The van der Waals surface area contributed by atoms with Gasteiger partial charge in [-0.05, 0) is 74.1 Å². The molecule has 0 atom stereocenters. The number of nitrogens with zero attached hydrogens (tertiary/aromatic N) is 3. The van der Waals surface area contributed by atoms with E-state index in [-0.39, 0.29) is 28.5 Å². The van der Waals surface area contributed by atoms with Gasteiger partial charge in [0.2, 0.25) is 0 Å². The first-order chi connectivity index (χ1) is 20.3. The van der Waals surface area contributed by atoms with Gasteiger partial charge >= 0.3 is 10.1 Å². The second-order valence-electron chi connectivity index (χ2n) is 11.7. The maximum Gasteiger partial charge on any atom is 0.309 e. The summed E-state index contributed by atoms with van der Waals surface area (Å²) in [6, 6.07) is 11.7. The highest BCUT2D eigenvalue weighted by atomic mass is 35.5. The van der Waals surface area contributed by atoms with Crippen LogP contribution in [0.4, 0.5) is 0 Å². The number of hydrogen-bond donors (Lipinski definition) is 2. The van der Waals surface area contributed by atoms with E-state index in [0.717, 1.165) is 32.4 Å². The molecule has 1 saturated heterocycles. The van der Waals surface area contributed by atoms with Crippen LogP contribution in [0.25, 0.3) is 16.9 Å². The molecule has 242 valence electrons. The van der Waals surface area contributed by atoms with E-state index in [1.165, 1.54) is 0 Å². The maximum absolute atomic E-state index is 13.3. The highest BCUT2D eigenvalue weighted by Crippen LogP contribution is 2.34. The van der Waals surface area contributed by atoms with Crippen LogP contribution >= 0.6 is 23.2 Å². The van der Waals surface area contributed by atoms with Crippen LogP contribution in [0.2, 0.25) is 10.0 Å². The molecule has 1 aliphatic heterocycles. The van der Waals surface area contributed by atoms with Crippen LogP contribution in [-0.4, -0.2) is 67.2 Å². The largest absolute Gasteiger partial charge is 0.382 e. The Balaban J connectivity index is 0.000000978. The minimum atomic E-state index is -3.74. The van der Waals surface area contributed by atoms with Gasteiger partial charge in [-0.1, -0.05) is 50.4 Å². The fourth-order valence-electron chi connectivity index (χ4n) is 4.37. The molecule has 2 N–H and O–H groups in total. The SMILES string of the molecule is CS(=O)(=O)O.Cc1c(C(=O)NN2CCCCC2)nn(-c2ccc(Cl)cc2Cl)c1-c1ccc(OS(=O)(=O)CCC(C)(C)C)cc1. The van der Waals surface area contributed by atoms with Crippen LogP contribution in [0, 0.1) is 12.3 Å². The highest BCUT2D eigenvalue weighted by molar-refractivity contribution is 7.87. The molecule has 3 aromatic rings. The molecule has 0 unspecified atom stereocenters. The molecule has 0 radical (unpaired) electrons. The number of carbonyl (C=O) groups excluding carboxylic acids is 1. The predicted octanol–water partition coefficient (Wildman–Crippen LogP) is 5.93. The zero-order valence-corrected chi connectivity index (χ0v) is 28.4. The lowest BCUT2D eigenvalue weighted by Gasteiger charge is -2.26. The van der Waals surface area contributed by atoms with Crippen LogP contribution < -0.4 is 9.61 Å². The van der Waals surface area contributed by atoms with Gasteiger partial charge in [0.05, 0.1) is 28.4 Å². The first-order valence-corrected chi connectivity index (χ1v) is 18.1. The van der Waals surface area contributed by atoms with Crippen molar-refractivity contribution in [2.45, 2.75) is 53.4 Å². The fraction of sp³-hybridized carbons (Fsp3) is 0.448. The second-order valence-corrected chi connectivity index (χ2v) is 15.7. The number of hydrogen-bond acceptors (Lipinski definition) is 8. The first-order valence-electron chi connectivity index (χ1n) is 13.9. The Labute approximate surface area is 269 Å². The van der Waals surface area contributed by atoms with Crippen molar-refractivity contribution in [2.24, 2.45) is 5.41 Å². The molecule has 2 heterocycles. The van der Waals surface area contributed by atoms with E-state index in [1.54, 1.807) is 47.1 Å². The lowest BCUT2D eigenvalue weighted by molar-refractivity contribution is 0.0743. The fourth-order valence-corrected chi connectivity index (χ4v) is 6.21. The number of halogens is 2. The lowest BCUT2D eigenvalue weighted by atomic mass is 9.94. The van der Waals surface area contributed by atoms with Crippen molar-refractivity contribution in [2.75, 3.05) is 25.1 Å². The number of carbonyl (C=O) groups is 1. The molecule has 4 rings (SSSR count). The van der Waals surface area contributed by atoms with E-state index in [4.69, 9.17) is 31.9 Å². The summed E-state index contributed by atoms with van der Waals surface area (Å²) in [6.07, 6.45) is 4.40. The topological polar surface area (TPSA) is 148 Å². The Hall–Kier alpha value is -2.68. The molecule has 0 aliphatic carbocycles. The smallest absolute Gasteiger partial charge is 0.309 e. The van der Waals surface area contributed by atoms with E-state index in [1.807, 2.05) is 32.7 Å². The third-order valence-corrected chi connectivity index (χ3v) is 8.23. The van der Waals surface area contributed by atoms with Crippen molar-refractivity contribution in [1.29, 1.82) is 0 Å². The summed E-state index contributed by atoms with van der Waals surface area (Å²) in [5, 5.41) is 7.44. The Morgan fingerprint density at radius 2 is 1.61 bits per heavy atom. The number of benzene rings is 2. The quantitative estimate of drug-likeness (QED) is 0.217. The molecule has 1 aliphatic rings. The third-order valence-electron chi connectivity index (χ3n) is 6.54. The van der Waals surface area contributed by atoms with Crippen molar-refractivity contribution in [3.63, 3.8) is 0 Å². The minimum absolute atomic E-state index is 0.0747. The second kappa shape index (κ2) is 14.6. The molecule has 1 fully saturated rings. The first kappa shape index (κ1) is 35.8. The zero-order valence-electron chi connectivity index (χ0n) is 25.3. The molecular weight excluding hydrogens is 651 g/mol. The monoisotopic (exact) mass is 688 g/mol. The number of hydrazine groups is 1. The van der Waals surface area contributed by atoms with Gasteiger partial charge in [-0.25, -0.2) is 9.69 Å². The predicted molar refractivity (Wildman–Crippen MR) is 173 cm³/mol. The summed E-state index contributed by atoms with van der Waals surface area (Å²) in [6.45, 7) is 9.36. The summed E-state index contributed by atoms with van der Waals surface area (Å²) in [7, 11) is -7.41. The molecule has 0 bridgehead atoms. The molecule has 11 nitrogen and oxygen atoms in total. The molecule has 1 amide bonds. The van der Waals surface area contributed by atoms with Gasteiger partial charge in [0.25, 0.3) is 16.0 Å². The lowest BCUT2D eigenvalue weighted by Crippen LogP contribution is -2.45. The summed E-state index contributed by atoms with van der Waals surface area (Å²) in [5.41, 5.74) is 5.69. The Morgan fingerprint density at radius 3 is 2.16 bits per heavy atom. The number of piperidine rings is 1. The van der Waals surface area contributed by atoms with Gasteiger partial charge in [-0.3, -0.25) is 14.8 Å². The van der Waals surface area contributed by atoms with Crippen molar-refractivity contribution in [1.82, 2.24) is 20.2 Å². The number of nitrogens with one attached hydrogen (secondary N) is 1. The van der Waals surface area contributed by atoms with Gasteiger partial charge in [0.1, 0.15) is 5.75 Å². The number of aromatic nitrogens is 2. The third kappa shape index (κ3) is 11.0. The normalized spacial score (nSPS) is 14.5. The van der Waals surface area contributed by atoms with Crippen LogP contribution in [0.1, 0.15) is 62.5 Å². The Morgan fingerprint density at radius 1 is 1.02 bits per heavy atom. The molecule has 1 aromatic heterocycles. The van der Waals surface area contributed by atoms with Crippen molar-refractivity contribution in [3.8, 4) is 22.7 Å². The Bertz CT molecular complexity index is 1670. The molecule has 15 heteroatoms. The van der Waals surface area contributed by atoms with E-state index < -0.39 is 20.2 Å². The Kier molecular flexibility index (Phi) is 11.9. The van der Waals surface area contributed by atoms with E-state index in [9.17, 15) is 21.6 Å². The van der Waals surface area contributed by atoms with E-state index >= 15 is 0 Å². The molecule has 0 spiro atoms. The standard InChI is InChI=1S/C28H34Cl2N4O4S.CH4O3S/c1-19-25(27(35)32-33-15-6-5-7-16-33)31-34(24-13-10-21(29)18-23(24)30)26(19)20-8-11-22(12-9-20)38-39(36,37)17-14-28(2,3)4;1-5(2,3)4/h8-13,18H,5-7,14-17H2,1-4H3,(H,32,35);1H3,(H,2,3,4). The van der Waals surface area contributed by atoms with E-state index in [2.05, 4.69) is 10.5 Å². The van der Waals surface area contributed by atoms with Crippen molar-refractivity contribution >= 4 is 49.3 Å². The zero-order chi connectivity index (χ0) is 32.9. The molecule has 0 saturated carbocycles. The van der Waals surface area contributed by atoms with Crippen molar-refractivity contribution in [3.05, 3.63) is 63.8 Å². The summed E-state index contributed by atoms with van der Waals surface area (Å²) in [5.74, 6) is -0.164. The molecule has 44 heavy (non-hydrogen) atoms. The highest BCUT2D eigenvalue weighted by Gasteiger charge is 2.25. The van der Waals surface area contributed by atoms with Crippen molar-refractivity contribution < 1.29 is 30.4 Å². The van der Waals surface area contributed by atoms with Crippen LogP contribution in [0.5, 0.6) is 5.75 Å². The van der Waals surface area contributed by atoms with E-state index in [0.29, 0.717) is 45.2 Å². The van der Waals surface area contributed by atoms with Gasteiger partial charge in [0.15, 0.2) is 5.69 Å². The maximum atomic E-state index is 13.3. The van der Waals surface area contributed by atoms with Gasteiger partial charge < -0.3 is 4.18 Å². The van der Waals surface area contributed by atoms with Crippen LogP contribution in [0.3, 0.4) is 0 Å². The number of rotatable bonds is 8. The average molecular weight is 690 g/mol. The minimum Gasteiger partial charge on any atom is -0.382 e. The molecular formula is C29H38Cl2N4O7S2. The van der Waals surface area contributed by atoms with Gasteiger partial charge in [-0.15, -0.1) is 0 Å². The summed E-state index contributed by atoms with van der Waals surface area (Å²) >= 11 is 12.7. The van der Waals surface area contributed by atoms with Gasteiger partial charge in [-0.2, -0.15) is 21.9 Å².